The molecule has 12 atom stereocenters. The van der Waals surface area contributed by atoms with Gasteiger partial charge < -0.3 is 29.9 Å². The fraction of sp³-hybridized carbons (Fsp3) is 0.769. The van der Waals surface area contributed by atoms with Crippen LogP contribution < -0.4 is 0 Å². The average Bonchev–Trinajstić information content (AvgIpc) is 3.74. The van der Waals surface area contributed by atoms with Gasteiger partial charge in [0.15, 0.2) is 5.78 Å². The van der Waals surface area contributed by atoms with Crippen molar-refractivity contribution >= 4 is 5.78 Å². The Morgan fingerprint density at radius 1 is 0.978 bits per heavy atom. The molecule has 5 aliphatic rings. The molecule has 46 heavy (non-hydrogen) atoms. The van der Waals surface area contributed by atoms with Crippen LogP contribution in [0.1, 0.15) is 99.5 Å². The van der Waals surface area contributed by atoms with Gasteiger partial charge in [-0.2, -0.15) is 0 Å². The lowest BCUT2D eigenvalue weighted by Gasteiger charge is -2.64. The highest BCUT2D eigenvalue weighted by Crippen LogP contribution is 2.72. The van der Waals surface area contributed by atoms with Crippen LogP contribution in [0.5, 0.6) is 5.75 Å². The van der Waals surface area contributed by atoms with Gasteiger partial charge in [-0.05, 0) is 116 Å². The molecule has 4 aliphatic carbocycles. The van der Waals surface area contributed by atoms with Crippen molar-refractivity contribution in [1.29, 1.82) is 0 Å². The molecule has 1 aromatic rings. The maximum Gasteiger partial charge on any atom is 0.162 e. The Balaban J connectivity index is 1.40. The highest BCUT2D eigenvalue weighted by molar-refractivity contribution is 5.98. The number of ether oxygens (including phenoxy) is 2. The van der Waals surface area contributed by atoms with Crippen molar-refractivity contribution in [1.82, 2.24) is 0 Å². The predicted octanol–water partition coefficient (Wildman–Crippen LogP) is 6.00. The second kappa shape index (κ2) is 11.4. The molecule has 3 saturated carbocycles. The molecule has 256 valence electrons. The molecule has 4 fully saturated rings. The molecule has 0 radical (unpaired) electrons. The molecular weight excluding hydrogens is 580 g/mol. The second-order valence-electron chi connectivity index (χ2n) is 17.3. The summed E-state index contributed by atoms with van der Waals surface area (Å²) in [5, 5.41) is 45.0. The van der Waals surface area contributed by atoms with Gasteiger partial charge in [-0.15, -0.1) is 0 Å². The molecule has 4 N–H and O–H groups in total. The maximum absolute atomic E-state index is 14.7. The van der Waals surface area contributed by atoms with Crippen molar-refractivity contribution in [3.63, 3.8) is 0 Å². The van der Waals surface area contributed by atoms with Gasteiger partial charge in [0.25, 0.3) is 0 Å². The monoisotopic (exact) mass is 638 g/mol. The van der Waals surface area contributed by atoms with E-state index in [9.17, 15) is 25.2 Å². The quantitative estimate of drug-likeness (QED) is 0.245. The minimum absolute atomic E-state index is 0.0327. The first kappa shape index (κ1) is 34.1. The number of aliphatic hydroxyl groups is 3. The van der Waals surface area contributed by atoms with Crippen LogP contribution in [-0.2, 0) is 20.7 Å². The number of aliphatic hydroxyl groups excluding tert-OH is 2. The summed E-state index contributed by atoms with van der Waals surface area (Å²) in [5.74, 6) is 1.24. The third-order valence-corrected chi connectivity index (χ3v) is 14.1. The molecule has 1 aromatic carbocycles. The van der Waals surface area contributed by atoms with Crippen LogP contribution in [0.3, 0.4) is 0 Å². The molecule has 1 saturated heterocycles. The van der Waals surface area contributed by atoms with E-state index in [1.165, 1.54) is 0 Å². The minimum Gasteiger partial charge on any atom is -0.508 e. The number of hydrogen-bond acceptors (Lipinski definition) is 7. The molecule has 0 amide bonds. The standard InChI is InChI=1S/C39H58O7/c1-22(2)21-45-37(8,34-33(46-34)24(5)23(3)4)31-14-16-39(44)28-17-32(43)38(18-25-9-11-26(40)12-10-25)20-30(42)29(41)19-36(38,7)27(28)13-15-35(31,39)6/h9-12,17,22-24,27,29-31,33-34,40-42,44H,13-16,18-21H2,1-8H3. The Labute approximate surface area is 275 Å². The molecule has 12 unspecified atom stereocenters. The van der Waals surface area contributed by atoms with Gasteiger partial charge in [0.2, 0.25) is 0 Å². The first-order valence-electron chi connectivity index (χ1n) is 17.9. The third kappa shape index (κ3) is 4.88. The number of carbonyl (C=O) groups excluding carboxylic acids is 1. The smallest absolute Gasteiger partial charge is 0.162 e. The second-order valence-corrected chi connectivity index (χ2v) is 17.3. The van der Waals surface area contributed by atoms with E-state index in [-0.39, 0.29) is 48.4 Å². The van der Waals surface area contributed by atoms with Crippen molar-refractivity contribution in [2.24, 2.45) is 45.8 Å². The molecule has 0 aromatic heterocycles. The largest absolute Gasteiger partial charge is 0.508 e. The average molecular weight is 639 g/mol. The Morgan fingerprint density at radius 3 is 2.26 bits per heavy atom. The predicted molar refractivity (Wildman–Crippen MR) is 177 cm³/mol. The van der Waals surface area contributed by atoms with Gasteiger partial charge in [-0.25, -0.2) is 0 Å². The van der Waals surface area contributed by atoms with E-state index in [0.29, 0.717) is 37.2 Å². The fourth-order valence-corrected chi connectivity index (χ4v) is 10.8. The summed E-state index contributed by atoms with van der Waals surface area (Å²) >= 11 is 0. The zero-order chi connectivity index (χ0) is 33.6. The molecule has 0 spiro atoms. The number of phenols is 1. The summed E-state index contributed by atoms with van der Waals surface area (Å²) in [4.78, 5) is 14.7. The van der Waals surface area contributed by atoms with E-state index in [4.69, 9.17) is 9.47 Å². The van der Waals surface area contributed by atoms with Gasteiger partial charge in [0.05, 0.1) is 29.5 Å². The number of fused-ring (bicyclic) bond motifs is 5. The van der Waals surface area contributed by atoms with Gasteiger partial charge in [0, 0.05) is 17.4 Å². The Kier molecular flexibility index (Phi) is 8.45. The SMILES string of the molecule is CC(C)COC(C)(C1OC1C(C)C(C)C)C1CCC2(O)C3=CC(=O)C4(Cc5ccc(O)cc5)CC(O)C(O)CC4(C)C3CCC12C. The van der Waals surface area contributed by atoms with Gasteiger partial charge in [-0.3, -0.25) is 4.79 Å². The van der Waals surface area contributed by atoms with Crippen molar-refractivity contribution in [2.45, 2.75) is 136 Å². The van der Waals surface area contributed by atoms with E-state index in [0.717, 1.165) is 30.4 Å². The van der Waals surface area contributed by atoms with Crippen LogP contribution in [0.4, 0.5) is 0 Å². The number of rotatable bonds is 9. The van der Waals surface area contributed by atoms with Crippen LogP contribution in [-0.4, -0.2) is 68.4 Å². The molecule has 7 heteroatoms. The zero-order valence-electron chi connectivity index (χ0n) is 29.3. The molecule has 1 aliphatic heterocycles. The first-order chi connectivity index (χ1) is 21.4. The van der Waals surface area contributed by atoms with Crippen LogP contribution in [0.2, 0.25) is 0 Å². The molecule has 7 nitrogen and oxygen atoms in total. The number of epoxide rings is 1. The van der Waals surface area contributed by atoms with Crippen LogP contribution in [0.25, 0.3) is 0 Å². The summed E-state index contributed by atoms with van der Waals surface area (Å²) in [5.41, 5.74) is -2.19. The molecular formula is C39H58O7. The highest BCUT2D eigenvalue weighted by atomic mass is 16.6. The topological polar surface area (TPSA) is 120 Å². The number of aromatic hydroxyl groups is 1. The normalized spacial score (nSPS) is 43.8. The number of phenolic OH excluding ortho intramolecular Hbond substituents is 1. The van der Waals surface area contributed by atoms with E-state index >= 15 is 0 Å². The number of hydrogen-bond donors (Lipinski definition) is 4. The third-order valence-electron chi connectivity index (χ3n) is 14.1. The molecule has 0 bridgehead atoms. The Bertz CT molecular complexity index is 1350. The van der Waals surface area contributed by atoms with E-state index in [2.05, 4.69) is 55.4 Å². The van der Waals surface area contributed by atoms with Crippen molar-refractivity contribution in [3.05, 3.63) is 41.5 Å². The summed E-state index contributed by atoms with van der Waals surface area (Å²) in [7, 11) is 0. The number of ketones is 1. The zero-order valence-corrected chi connectivity index (χ0v) is 29.3. The van der Waals surface area contributed by atoms with Crippen molar-refractivity contribution in [3.8, 4) is 5.75 Å². The van der Waals surface area contributed by atoms with Gasteiger partial charge in [0.1, 0.15) is 11.9 Å². The lowest BCUT2D eigenvalue weighted by molar-refractivity contribution is -0.189. The number of carbonyl (C=O) groups is 1. The van der Waals surface area contributed by atoms with Crippen LogP contribution >= 0.6 is 0 Å². The van der Waals surface area contributed by atoms with Crippen LogP contribution in [0, 0.1) is 45.8 Å². The number of allylic oxidation sites excluding steroid dienone is 1. The van der Waals surface area contributed by atoms with Crippen molar-refractivity contribution in [2.75, 3.05) is 6.61 Å². The summed E-state index contributed by atoms with van der Waals surface area (Å²) in [6.45, 7) is 18.2. The first-order valence-corrected chi connectivity index (χ1v) is 17.9. The van der Waals surface area contributed by atoms with E-state index in [1.807, 2.05) is 12.1 Å². The van der Waals surface area contributed by atoms with Crippen LogP contribution in [0.15, 0.2) is 35.9 Å². The van der Waals surface area contributed by atoms with E-state index in [1.54, 1.807) is 18.2 Å². The summed E-state index contributed by atoms with van der Waals surface area (Å²) < 4.78 is 13.4. The maximum atomic E-state index is 14.7. The number of benzene rings is 1. The summed E-state index contributed by atoms with van der Waals surface area (Å²) in [6.07, 6.45) is 3.62. The lowest BCUT2D eigenvalue weighted by atomic mass is 9.40. The fourth-order valence-electron chi connectivity index (χ4n) is 10.8. The van der Waals surface area contributed by atoms with Gasteiger partial charge in [-0.1, -0.05) is 60.6 Å². The minimum atomic E-state index is -1.19. The Hall–Kier alpha value is -1.77. The van der Waals surface area contributed by atoms with E-state index < -0.39 is 39.7 Å². The Morgan fingerprint density at radius 2 is 1.63 bits per heavy atom. The molecule has 1 heterocycles. The van der Waals surface area contributed by atoms with Crippen molar-refractivity contribution < 1.29 is 34.7 Å². The highest BCUT2D eigenvalue weighted by Gasteiger charge is 2.73. The molecule has 6 rings (SSSR count). The lowest BCUT2D eigenvalue weighted by Crippen LogP contribution is -2.66. The summed E-state index contributed by atoms with van der Waals surface area (Å²) in [6, 6.07) is 6.95. The van der Waals surface area contributed by atoms with Gasteiger partial charge >= 0.3 is 0 Å².